The molecule has 1 saturated heterocycles. The van der Waals surface area contributed by atoms with Crippen LogP contribution in [0.4, 0.5) is 0 Å². The van der Waals surface area contributed by atoms with E-state index in [4.69, 9.17) is 0 Å². The SMILES string of the molecule is O=C1C=C2NC(=O)CC2C=N1. The molecule has 1 atom stereocenters. The number of rotatable bonds is 0. The topological polar surface area (TPSA) is 58.5 Å². The number of dihydropyridines is 1. The Kier molecular flexibility index (Phi) is 1.15. The minimum Gasteiger partial charge on any atom is -0.329 e. The molecule has 1 fully saturated rings. The fraction of sp³-hybridized carbons (Fsp3) is 0.286. The molecule has 4 heteroatoms. The molecule has 2 aliphatic rings. The number of nitrogens with one attached hydrogen (secondary N) is 1. The Morgan fingerprint density at radius 2 is 2.36 bits per heavy atom. The maximum Gasteiger partial charge on any atom is 0.271 e. The second-order valence-electron chi connectivity index (χ2n) is 2.57. The predicted molar refractivity (Wildman–Crippen MR) is 37.8 cm³/mol. The van der Waals surface area contributed by atoms with E-state index in [2.05, 4.69) is 10.3 Å². The molecule has 0 saturated carbocycles. The molecule has 2 heterocycles. The van der Waals surface area contributed by atoms with Crippen LogP contribution < -0.4 is 5.32 Å². The number of hydrogen-bond donors (Lipinski definition) is 1. The summed E-state index contributed by atoms with van der Waals surface area (Å²) in [5.74, 6) is -0.318. The number of hydrogen-bond acceptors (Lipinski definition) is 2. The van der Waals surface area contributed by atoms with Crippen LogP contribution in [0.5, 0.6) is 0 Å². The van der Waals surface area contributed by atoms with E-state index in [1.807, 2.05) is 0 Å². The van der Waals surface area contributed by atoms with Crippen LogP contribution in [0.3, 0.4) is 0 Å². The summed E-state index contributed by atoms with van der Waals surface area (Å²) in [4.78, 5) is 25.1. The van der Waals surface area contributed by atoms with Gasteiger partial charge in [0.25, 0.3) is 5.91 Å². The molecule has 0 radical (unpaired) electrons. The van der Waals surface area contributed by atoms with Crippen LogP contribution in [-0.2, 0) is 9.59 Å². The van der Waals surface area contributed by atoms with Crippen molar-refractivity contribution in [3.05, 3.63) is 11.8 Å². The molecular formula is C7H6N2O2. The second-order valence-corrected chi connectivity index (χ2v) is 2.57. The summed E-state index contributed by atoms with van der Waals surface area (Å²) >= 11 is 0. The van der Waals surface area contributed by atoms with E-state index in [-0.39, 0.29) is 17.7 Å². The lowest BCUT2D eigenvalue weighted by molar-refractivity contribution is -0.119. The van der Waals surface area contributed by atoms with Crippen LogP contribution in [-0.4, -0.2) is 18.0 Å². The fourth-order valence-electron chi connectivity index (χ4n) is 1.22. The molecule has 2 aliphatic heterocycles. The number of aliphatic imine (C=N–C) groups is 1. The van der Waals surface area contributed by atoms with Gasteiger partial charge in [0.2, 0.25) is 5.91 Å². The summed E-state index contributed by atoms with van der Waals surface area (Å²) in [5.41, 5.74) is 0.690. The molecule has 4 nitrogen and oxygen atoms in total. The summed E-state index contributed by atoms with van der Waals surface area (Å²) in [6, 6.07) is 0. The molecule has 0 spiro atoms. The van der Waals surface area contributed by atoms with Gasteiger partial charge < -0.3 is 5.32 Å². The predicted octanol–water partition coefficient (Wildman–Crippen LogP) is -0.383. The zero-order valence-electron chi connectivity index (χ0n) is 5.70. The molecule has 0 aromatic heterocycles. The van der Waals surface area contributed by atoms with Gasteiger partial charge in [-0.05, 0) is 0 Å². The smallest absolute Gasteiger partial charge is 0.271 e. The lowest BCUT2D eigenvalue weighted by Gasteiger charge is -2.06. The van der Waals surface area contributed by atoms with Crippen molar-refractivity contribution in [1.29, 1.82) is 0 Å². The van der Waals surface area contributed by atoms with Gasteiger partial charge in [0.15, 0.2) is 0 Å². The second kappa shape index (κ2) is 2.02. The van der Waals surface area contributed by atoms with Crippen molar-refractivity contribution in [3.8, 4) is 0 Å². The molecule has 2 rings (SSSR count). The normalized spacial score (nSPS) is 28.0. The molecule has 0 aliphatic carbocycles. The Bertz CT molecular complexity index is 291. The quantitative estimate of drug-likeness (QED) is 0.511. The Balaban J connectivity index is 2.33. The molecule has 2 amide bonds. The number of nitrogens with zero attached hydrogens (tertiary/aromatic N) is 1. The first-order valence-electron chi connectivity index (χ1n) is 3.35. The zero-order chi connectivity index (χ0) is 7.84. The van der Waals surface area contributed by atoms with Crippen LogP contribution in [0, 0.1) is 5.92 Å². The van der Waals surface area contributed by atoms with Crippen LogP contribution in [0.15, 0.2) is 16.8 Å². The Morgan fingerprint density at radius 3 is 3.18 bits per heavy atom. The number of amides is 2. The number of fused-ring (bicyclic) bond motifs is 1. The first-order valence-corrected chi connectivity index (χ1v) is 3.35. The fourth-order valence-corrected chi connectivity index (χ4v) is 1.22. The first kappa shape index (κ1) is 6.27. The van der Waals surface area contributed by atoms with Crippen molar-refractivity contribution >= 4 is 18.0 Å². The van der Waals surface area contributed by atoms with E-state index in [1.165, 1.54) is 12.3 Å². The van der Waals surface area contributed by atoms with Crippen molar-refractivity contribution in [3.63, 3.8) is 0 Å². The minimum atomic E-state index is -0.293. The summed E-state index contributed by atoms with van der Waals surface area (Å²) in [7, 11) is 0. The Morgan fingerprint density at radius 1 is 1.55 bits per heavy atom. The summed E-state index contributed by atoms with van der Waals surface area (Å²) < 4.78 is 0. The molecule has 0 bridgehead atoms. The molecular weight excluding hydrogens is 144 g/mol. The van der Waals surface area contributed by atoms with E-state index in [1.54, 1.807) is 0 Å². The molecule has 11 heavy (non-hydrogen) atoms. The first-order chi connectivity index (χ1) is 5.25. The molecule has 0 aromatic rings. The van der Waals surface area contributed by atoms with E-state index in [0.717, 1.165) is 0 Å². The third-order valence-corrected chi connectivity index (χ3v) is 1.75. The van der Waals surface area contributed by atoms with E-state index in [0.29, 0.717) is 12.1 Å². The third kappa shape index (κ3) is 0.960. The van der Waals surface area contributed by atoms with E-state index < -0.39 is 0 Å². The maximum atomic E-state index is 10.8. The molecule has 0 aromatic carbocycles. The highest BCUT2D eigenvalue weighted by molar-refractivity contribution is 6.01. The number of carbonyl (C=O) groups is 2. The van der Waals surface area contributed by atoms with Gasteiger partial charge in [-0.25, -0.2) is 4.99 Å². The highest BCUT2D eigenvalue weighted by Crippen LogP contribution is 2.20. The highest BCUT2D eigenvalue weighted by Gasteiger charge is 2.28. The number of carbonyl (C=O) groups excluding carboxylic acids is 2. The van der Waals surface area contributed by atoms with E-state index >= 15 is 0 Å². The van der Waals surface area contributed by atoms with Crippen LogP contribution >= 0.6 is 0 Å². The summed E-state index contributed by atoms with van der Waals surface area (Å²) in [6.07, 6.45) is 3.31. The van der Waals surface area contributed by atoms with Crippen LogP contribution in [0.1, 0.15) is 6.42 Å². The van der Waals surface area contributed by atoms with Gasteiger partial charge in [-0.1, -0.05) is 0 Å². The highest BCUT2D eigenvalue weighted by atomic mass is 16.2. The average molecular weight is 150 g/mol. The van der Waals surface area contributed by atoms with Gasteiger partial charge in [-0.3, -0.25) is 9.59 Å². The van der Waals surface area contributed by atoms with Crippen LogP contribution in [0.25, 0.3) is 0 Å². The lowest BCUT2D eigenvalue weighted by atomic mass is 10.1. The minimum absolute atomic E-state index is 0.0141. The van der Waals surface area contributed by atoms with Gasteiger partial charge in [0.05, 0.1) is 0 Å². The molecule has 56 valence electrons. The van der Waals surface area contributed by atoms with Gasteiger partial charge >= 0.3 is 0 Å². The largest absolute Gasteiger partial charge is 0.329 e. The number of allylic oxidation sites excluding steroid dienone is 1. The van der Waals surface area contributed by atoms with Gasteiger partial charge in [-0.2, -0.15) is 0 Å². The third-order valence-electron chi connectivity index (χ3n) is 1.75. The lowest BCUT2D eigenvalue weighted by Crippen LogP contribution is -2.16. The standard InChI is InChI=1S/C7H6N2O2/c10-6-2-5-4(3-8-6)1-7(11)9-5/h2-4H,1H2,(H,9,11). The zero-order valence-corrected chi connectivity index (χ0v) is 5.70. The summed E-state index contributed by atoms with van der Waals surface area (Å²) in [6.45, 7) is 0. The van der Waals surface area contributed by atoms with Crippen molar-refractivity contribution in [2.45, 2.75) is 6.42 Å². The van der Waals surface area contributed by atoms with Gasteiger partial charge in [0, 0.05) is 30.3 Å². The Hall–Kier alpha value is -1.45. The van der Waals surface area contributed by atoms with Gasteiger partial charge in [-0.15, -0.1) is 0 Å². The monoisotopic (exact) mass is 150 g/mol. The molecule has 1 unspecified atom stereocenters. The summed E-state index contributed by atoms with van der Waals surface area (Å²) in [5, 5.41) is 2.60. The maximum absolute atomic E-state index is 10.8. The van der Waals surface area contributed by atoms with Crippen molar-refractivity contribution in [2.75, 3.05) is 0 Å². The average Bonchev–Trinajstić information content (AvgIpc) is 2.27. The van der Waals surface area contributed by atoms with Crippen molar-refractivity contribution < 1.29 is 9.59 Å². The van der Waals surface area contributed by atoms with Crippen molar-refractivity contribution in [1.82, 2.24) is 5.32 Å². The Labute approximate surface area is 63.0 Å². The van der Waals surface area contributed by atoms with Crippen LogP contribution in [0.2, 0.25) is 0 Å². The van der Waals surface area contributed by atoms with Gasteiger partial charge in [0.1, 0.15) is 0 Å². The molecule has 1 N–H and O–H groups in total. The van der Waals surface area contributed by atoms with Crippen molar-refractivity contribution in [2.24, 2.45) is 10.9 Å². The van der Waals surface area contributed by atoms with E-state index in [9.17, 15) is 9.59 Å².